The van der Waals surface area contributed by atoms with Crippen molar-refractivity contribution >= 4 is 18.6 Å². The van der Waals surface area contributed by atoms with Gasteiger partial charge in [-0.15, -0.1) is 0 Å². The van der Waals surface area contributed by atoms with Crippen LogP contribution in [0.25, 0.3) is 0 Å². The Morgan fingerprint density at radius 1 is 1.77 bits per heavy atom. The van der Waals surface area contributed by atoms with Crippen molar-refractivity contribution in [1.29, 1.82) is 0 Å². The van der Waals surface area contributed by atoms with Crippen molar-refractivity contribution in [1.82, 2.24) is 4.90 Å². The summed E-state index contributed by atoms with van der Waals surface area (Å²) in [6.07, 6.45) is 3.64. The molecule has 3 nitrogen and oxygen atoms in total. The summed E-state index contributed by atoms with van der Waals surface area (Å²) in [4.78, 5) is 12.7. The Morgan fingerprint density at radius 2 is 2.46 bits per heavy atom. The smallest absolute Gasteiger partial charge is 0.326 e. The van der Waals surface area contributed by atoms with Gasteiger partial charge in [-0.2, -0.15) is 12.6 Å². The lowest BCUT2D eigenvalue weighted by atomic mass is 10.2. The number of hydrogen-bond acceptors (Lipinski definition) is 3. The highest BCUT2D eigenvalue weighted by atomic mass is 32.1. The molecule has 1 saturated heterocycles. The van der Waals surface area contributed by atoms with Gasteiger partial charge in [0.1, 0.15) is 6.04 Å². The van der Waals surface area contributed by atoms with Gasteiger partial charge in [0.2, 0.25) is 0 Å². The zero-order valence-corrected chi connectivity index (χ0v) is 8.63. The van der Waals surface area contributed by atoms with E-state index in [0.717, 1.165) is 25.0 Å². The molecule has 0 saturated carbocycles. The first-order valence-electron chi connectivity index (χ1n) is 4.42. The third-order valence-electron chi connectivity index (χ3n) is 2.21. The van der Waals surface area contributed by atoms with E-state index in [2.05, 4.69) is 12.6 Å². The molecule has 0 unspecified atom stereocenters. The summed E-state index contributed by atoms with van der Waals surface area (Å²) in [5.74, 6) is -0.0382. The Morgan fingerprint density at radius 3 is 3.00 bits per heavy atom. The molecule has 0 amide bonds. The first-order chi connectivity index (χ1) is 6.15. The molecule has 74 valence electrons. The second-order valence-electron chi connectivity index (χ2n) is 3.37. The van der Waals surface area contributed by atoms with Crippen molar-refractivity contribution < 1.29 is 9.90 Å². The van der Waals surface area contributed by atoms with Gasteiger partial charge in [-0.25, -0.2) is 4.79 Å². The average molecular weight is 201 g/mol. The predicted octanol–water partition coefficient (Wildman–Crippen LogP) is 1.37. The normalized spacial score (nSPS) is 23.7. The van der Waals surface area contributed by atoms with Gasteiger partial charge in [-0.1, -0.05) is 0 Å². The molecule has 0 aliphatic carbocycles. The summed E-state index contributed by atoms with van der Waals surface area (Å²) in [7, 11) is 0. The van der Waals surface area contributed by atoms with Gasteiger partial charge in [-0.3, -0.25) is 0 Å². The number of rotatable bonds is 3. The van der Waals surface area contributed by atoms with Crippen molar-refractivity contribution in [2.24, 2.45) is 0 Å². The first-order valence-corrected chi connectivity index (χ1v) is 5.05. The molecule has 1 N–H and O–H groups in total. The van der Waals surface area contributed by atoms with Crippen molar-refractivity contribution in [3.05, 3.63) is 11.8 Å². The largest absolute Gasteiger partial charge is 0.480 e. The Bertz CT molecular complexity index is 228. The van der Waals surface area contributed by atoms with Crippen LogP contribution >= 0.6 is 12.6 Å². The number of thiol groups is 1. The van der Waals surface area contributed by atoms with Gasteiger partial charge < -0.3 is 10.0 Å². The lowest BCUT2D eigenvalue weighted by Gasteiger charge is -2.19. The van der Waals surface area contributed by atoms with Gasteiger partial charge >= 0.3 is 5.97 Å². The van der Waals surface area contributed by atoms with E-state index in [1.54, 1.807) is 0 Å². The molecule has 0 aromatic rings. The maximum atomic E-state index is 10.8. The van der Waals surface area contributed by atoms with Crippen LogP contribution in [0.15, 0.2) is 11.8 Å². The van der Waals surface area contributed by atoms with Gasteiger partial charge in [0.05, 0.1) is 0 Å². The molecule has 4 heteroatoms. The Hall–Kier alpha value is -0.640. The van der Waals surface area contributed by atoms with Crippen molar-refractivity contribution in [3.8, 4) is 0 Å². The topological polar surface area (TPSA) is 40.5 Å². The Balaban J connectivity index is 2.63. The van der Waals surface area contributed by atoms with E-state index in [1.165, 1.54) is 0 Å². The van der Waals surface area contributed by atoms with Gasteiger partial charge in [0.15, 0.2) is 0 Å². The van der Waals surface area contributed by atoms with Crippen LogP contribution in [0.1, 0.15) is 19.8 Å². The molecule has 1 aliphatic heterocycles. The minimum absolute atomic E-state index is 0.324. The molecule has 0 bridgehead atoms. The van der Waals surface area contributed by atoms with Crippen LogP contribution in [0.2, 0.25) is 0 Å². The third-order valence-corrected chi connectivity index (χ3v) is 2.71. The van der Waals surface area contributed by atoms with Crippen molar-refractivity contribution in [3.63, 3.8) is 0 Å². The van der Waals surface area contributed by atoms with Crippen LogP contribution in [0.4, 0.5) is 0 Å². The fraction of sp³-hybridized carbons (Fsp3) is 0.667. The second kappa shape index (κ2) is 4.56. The summed E-state index contributed by atoms with van der Waals surface area (Å²) < 4.78 is 0. The lowest BCUT2D eigenvalue weighted by Crippen LogP contribution is -2.32. The van der Waals surface area contributed by atoms with Crippen LogP contribution in [0, 0.1) is 0 Å². The zero-order chi connectivity index (χ0) is 9.84. The van der Waals surface area contributed by atoms with Crippen molar-refractivity contribution in [2.75, 3.05) is 12.3 Å². The third kappa shape index (κ3) is 2.66. The van der Waals surface area contributed by atoms with Gasteiger partial charge in [0, 0.05) is 12.3 Å². The highest BCUT2D eigenvalue weighted by Gasteiger charge is 2.27. The van der Waals surface area contributed by atoms with Crippen LogP contribution in [0.5, 0.6) is 0 Å². The number of hydrogen-bond donors (Lipinski definition) is 2. The summed E-state index contributed by atoms with van der Waals surface area (Å²) in [5.41, 5.74) is 1.11. The Labute approximate surface area is 83.8 Å². The SMILES string of the molecule is C/C(=C/N1CCC[C@H]1C(=O)O)CS. The van der Waals surface area contributed by atoms with E-state index < -0.39 is 5.97 Å². The van der Waals surface area contributed by atoms with Crippen LogP contribution in [-0.2, 0) is 4.79 Å². The molecule has 1 atom stereocenters. The number of carbonyl (C=O) groups is 1. The molecule has 1 fully saturated rings. The highest BCUT2D eigenvalue weighted by Crippen LogP contribution is 2.18. The molecule has 0 aromatic heterocycles. The molecular weight excluding hydrogens is 186 g/mol. The molecular formula is C9H15NO2S. The number of aliphatic carboxylic acids is 1. The van der Waals surface area contributed by atoms with E-state index >= 15 is 0 Å². The van der Waals surface area contributed by atoms with Crippen LogP contribution in [0.3, 0.4) is 0 Å². The van der Waals surface area contributed by atoms with Crippen LogP contribution < -0.4 is 0 Å². The fourth-order valence-electron chi connectivity index (χ4n) is 1.53. The van der Waals surface area contributed by atoms with Crippen molar-refractivity contribution in [2.45, 2.75) is 25.8 Å². The second-order valence-corrected chi connectivity index (χ2v) is 3.68. The molecule has 1 heterocycles. The maximum Gasteiger partial charge on any atom is 0.326 e. The molecule has 13 heavy (non-hydrogen) atoms. The van der Waals surface area contributed by atoms with Gasteiger partial charge in [-0.05, 0) is 31.5 Å². The summed E-state index contributed by atoms with van der Waals surface area (Å²) >= 11 is 4.13. The first kappa shape index (κ1) is 10.4. The Kier molecular flexibility index (Phi) is 3.66. The minimum Gasteiger partial charge on any atom is -0.480 e. The summed E-state index contributed by atoms with van der Waals surface area (Å²) in [6.45, 7) is 2.81. The minimum atomic E-state index is -0.722. The summed E-state index contributed by atoms with van der Waals surface area (Å²) in [6, 6.07) is -0.324. The van der Waals surface area contributed by atoms with E-state index in [9.17, 15) is 4.79 Å². The quantitative estimate of drug-likeness (QED) is 0.678. The average Bonchev–Trinajstić information content (AvgIpc) is 2.52. The number of likely N-dealkylation sites (tertiary alicyclic amines) is 1. The number of carboxylic acid groups (broad SMARTS) is 1. The maximum absolute atomic E-state index is 10.8. The molecule has 0 spiro atoms. The number of nitrogens with zero attached hydrogens (tertiary/aromatic N) is 1. The van der Waals surface area contributed by atoms with E-state index in [1.807, 2.05) is 18.0 Å². The van der Waals surface area contributed by atoms with E-state index in [0.29, 0.717) is 5.75 Å². The zero-order valence-electron chi connectivity index (χ0n) is 7.73. The van der Waals surface area contributed by atoms with E-state index in [-0.39, 0.29) is 6.04 Å². The molecule has 1 rings (SSSR count). The molecule has 0 radical (unpaired) electrons. The monoisotopic (exact) mass is 201 g/mol. The predicted molar refractivity (Wildman–Crippen MR) is 55.0 cm³/mol. The van der Waals surface area contributed by atoms with Gasteiger partial charge in [0.25, 0.3) is 0 Å². The highest BCUT2D eigenvalue weighted by molar-refractivity contribution is 7.80. The molecule has 1 aliphatic rings. The molecule has 0 aromatic carbocycles. The van der Waals surface area contributed by atoms with E-state index in [4.69, 9.17) is 5.11 Å². The lowest BCUT2D eigenvalue weighted by molar-refractivity contribution is -0.141. The van der Waals surface area contributed by atoms with Crippen LogP contribution in [-0.4, -0.2) is 34.3 Å². The fourth-order valence-corrected chi connectivity index (χ4v) is 1.61. The standard InChI is InChI=1S/C9H15NO2S/c1-7(6-13)5-10-4-2-3-8(10)9(11)12/h5,8,13H,2-4,6H2,1H3,(H,11,12)/b7-5-/t8-/m0/s1. The number of carboxylic acids is 1. The summed E-state index contributed by atoms with van der Waals surface area (Å²) in [5, 5.41) is 8.88.